The summed E-state index contributed by atoms with van der Waals surface area (Å²) in [7, 11) is -6.57. The summed E-state index contributed by atoms with van der Waals surface area (Å²) in [6.07, 6.45) is 4.38. The highest BCUT2D eigenvalue weighted by Crippen LogP contribution is 2.36. The van der Waals surface area contributed by atoms with E-state index in [9.17, 15) is 35.2 Å². The molecular formula is C44H44F2N2O10S2. The summed E-state index contributed by atoms with van der Waals surface area (Å²) < 4.78 is 86.5. The lowest BCUT2D eigenvalue weighted by atomic mass is 9.93. The number of fused-ring (bicyclic) bond motifs is 2. The van der Waals surface area contributed by atoms with Gasteiger partial charge in [-0.2, -0.15) is 0 Å². The van der Waals surface area contributed by atoms with E-state index < -0.39 is 56.5 Å². The molecule has 12 nitrogen and oxygen atoms in total. The maximum atomic E-state index is 14.5. The first-order valence-corrected chi connectivity index (χ1v) is 22.5. The second kappa shape index (κ2) is 18.5. The van der Waals surface area contributed by atoms with Crippen molar-refractivity contribution < 1.29 is 54.9 Å². The minimum Gasteiger partial charge on any atom is -0.481 e. The third-order valence-corrected chi connectivity index (χ3v) is 12.1. The van der Waals surface area contributed by atoms with Crippen molar-refractivity contribution in [3.8, 4) is 11.5 Å². The van der Waals surface area contributed by atoms with Crippen molar-refractivity contribution in [1.82, 2.24) is 9.97 Å². The number of sulfone groups is 2. The van der Waals surface area contributed by atoms with E-state index in [1.54, 1.807) is 55.5 Å². The van der Waals surface area contributed by atoms with Crippen LogP contribution in [0.5, 0.6) is 11.5 Å². The van der Waals surface area contributed by atoms with Gasteiger partial charge in [0.05, 0.1) is 9.79 Å². The normalized spacial score (nSPS) is 11.6. The smallest absolute Gasteiger partial charge is 0.341 e. The molecule has 16 heteroatoms. The zero-order valence-electron chi connectivity index (χ0n) is 33.8. The van der Waals surface area contributed by atoms with Gasteiger partial charge in [-0.1, -0.05) is 38.1 Å². The third kappa shape index (κ3) is 10.4. The molecule has 0 saturated heterocycles. The molecule has 6 aromatic rings. The molecule has 0 unspecified atom stereocenters. The van der Waals surface area contributed by atoms with E-state index in [0.717, 1.165) is 51.6 Å². The van der Waals surface area contributed by atoms with Crippen molar-refractivity contribution in [2.75, 3.05) is 25.7 Å². The maximum absolute atomic E-state index is 14.5. The largest absolute Gasteiger partial charge is 0.481 e. The molecule has 0 saturated carbocycles. The minimum absolute atomic E-state index is 0.142. The molecule has 2 heterocycles. The lowest BCUT2D eigenvalue weighted by molar-refractivity contribution is -0.140. The Morgan fingerprint density at radius 2 is 1.03 bits per heavy atom. The molecule has 316 valence electrons. The lowest BCUT2D eigenvalue weighted by Gasteiger charge is -2.17. The van der Waals surface area contributed by atoms with Gasteiger partial charge < -0.3 is 19.7 Å². The van der Waals surface area contributed by atoms with Crippen LogP contribution in [0.25, 0.3) is 21.8 Å². The van der Waals surface area contributed by atoms with Gasteiger partial charge >= 0.3 is 11.9 Å². The molecule has 2 N–H and O–H groups in total. The zero-order chi connectivity index (χ0) is 44.1. The van der Waals surface area contributed by atoms with E-state index >= 15 is 0 Å². The second-order valence-corrected chi connectivity index (χ2v) is 18.1. The van der Waals surface area contributed by atoms with Crippen LogP contribution in [0.3, 0.4) is 0 Å². The second-order valence-electron chi connectivity index (χ2n) is 14.1. The number of rotatable bonds is 14. The SMILES string of the molecule is CCc1c(Cc2ccc(S(C)(=O)=O)cc2)c(C)nc2c(F)ccc(OCC(=O)O)c12.CCc1nc2c(F)ccc(OCC(=O)O)c2c(C)c1Cc1ccc(S(C)(=O)=O)cc1. The van der Waals surface area contributed by atoms with E-state index in [1.165, 1.54) is 24.3 Å². The van der Waals surface area contributed by atoms with Crippen molar-refractivity contribution >= 4 is 53.4 Å². The maximum Gasteiger partial charge on any atom is 0.341 e. The average Bonchev–Trinajstić information content (AvgIpc) is 3.18. The Balaban J connectivity index is 0.000000228. The predicted octanol–water partition coefficient (Wildman–Crippen LogP) is 7.40. The van der Waals surface area contributed by atoms with Crippen molar-refractivity contribution in [2.45, 2.75) is 63.2 Å². The first-order valence-electron chi connectivity index (χ1n) is 18.7. The van der Waals surface area contributed by atoms with Crippen LogP contribution in [0.4, 0.5) is 8.78 Å². The number of ether oxygens (including phenoxy) is 2. The minimum atomic E-state index is -3.28. The number of aryl methyl sites for hydroxylation is 4. The summed E-state index contributed by atoms with van der Waals surface area (Å²) in [6, 6.07) is 18.5. The quantitative estimate of drug-likeness (QED) is 0.111. The Morgan fingerprint density at radius 1 is 0.600 bits per heavy atom. The molecule has 0 amide bonds. The number of halogens is 2. The topological polar surface area (TPSA) is 187 Å². The van der Waals surface area contributed by atoms with E-state index in [4.69, 9.17) is 19.7 Å². The van der Waals surface area contributed by atoms with Gasteiger partial charge in [0.15, 0.2) is 32.9 Å². The summed E-state index contributed by atoms with van der Waals surface area (Å²) in [4.78, 5) is 31.2. The molecule has 0 radical (unpaired) electrons. The Labute approximate surface area is 346 Å². The van der Waals surface area contributed by atoms with Gasteiger partial charge in [0.2, 0.25) is 0 Å². The van der Waals surface area contributed by atoms with Crippen LogP contribution in [0.1, 0.15) is 58.6 Å². The summed E-state index contributed by atoms with van der Waals surface area (Å²) >= 11 is 0. The van der Waals surface area contributed by atoms with Gasteiger partial charge in [-0.25, -0.2) is 45.2 Å². The van der Waals surface area contributed by atoms with Crippen molar-refractivity contribution in [2.24, 2.45) is 0 Å². The standard InChI is InChI=1S/2C22H22FNO5S/c1-4-18-16(11-14-5-7-15(8-6-14)30(3,27)28)13(2)21-19(29-12-20(25)26)10-9-17(23)22(21)24-18;1-4-16-17(11-14-5-7-15(8-6-14)30(3,27)28)13(2)24-22-18(23)9-10-19(21(16)22)29-12-20(25)26/h2*5-10H,4,11-12H2,1-3H3,(H,25,26). The highest BCUT2D eigenvalue weighted by molar-refractivity contribution is 7.91. The Kier molecular flexibility index (Phi) is 13.9. The van der Waals surface area contributed by atoms with E-state index in [0.29, 0.717) is 42.1 Å². The fourth-order valence-electron chi connectivity index (χ4n) is 6.93. The van der Waals surface area contributed by atoms with Crippen LogP contribution in [0, 0.1) is 25.5 Å². The molecule has 0 aliphatic carbocycles. The highest BCUT2D eigenvalue weighted by atomic mass is 32.2. The van der Waals surface area contributed by atoms with Crippen LogP contribution in [-0.4, -0.2) is 74.7 Å². The number of aromatic nitrogens is 2. The van der Waals surface area contributed by atoms with Crippen molar-refractivity contribution in [1.29, 1.82) is 0 Å². The number of carboxylic acid groups (broad SMARTS) is 2. The van der Waals surface area contributed by atoms with Crippen molar-refractivity contribution in [3.05, 3.63) is 129 Å². The molecular weight excluding hydrogens is 819 g/mol. The zero-order valence-corrected chi connectivity index (χ0v) is 35.4. The molecule has 4 aromatic carbocycles. The Hall–Kier alpha value is -6.00. The van der Waals surface area contributed by atoms with E-state index in [2.05, 4.69) is 9.97 Å². The molecule has 6 rings (SSSR count). The van der Waals surface area contributed by atoms with Crippen LogP contribution in [0.15, 0.2) is 82.6 Å². The number of nitrogens with zero attached hydrogens (tertiary/aromatic N) is 2. The predicted molar refractivity (Wildman–Crippen MR) is 223 cm³/mol. The van der Waals surface area contributed by atoms with Crippen LogP contribution >= 0.6 is 0 Å². The summed E-state index contributed by atoms with van der Waals surface area (Å²) in [5.74, 6) is -2.74. The van der Waals surface area contributed by atoms with Gasteiger partial charge in [-0.15, -0.1) is 0 Å². The van der Waals surface area contributed by atoms with E-state index in [-0.39, 0.29) is 32.3 Å². The first kappa shape index (κ1) is 45.1. The number of aliphatic carboxylic acids is 2. The number of carboxylic acids is 2. The van der Waals surface area contributed by atoms with Gasteiger partial charge in [0.25, 0.3) is 0 Å². The number of benzene rings is 4. The molecule has 0 atom stereocenters. The molecule has 60 heavy (non-hydrogen) atoms. The van der Waals surface area contributed by atoms with E-state index in [1.807, 2.05) is 20.8 Å². The van der Waals surface area contributed by atoms with Gasteiger partial charge in [-0.05, 0) is 121 Å². The Bertz CT molecular complexity index is 2740. The number of carbonyl (C=O) groups is 2. The third-order valence-electron chi connectivity index (χ3n) is 9.84. The summed E-state index contributed by atoms with van der Waals surface area (Å²) in [6.45, 7) is 6.39. The lowest BCUT2D eigenvalue weighted by Crippen LogP contribution is -2.11. The van der Waals surface area contributed by atoms with Crippen LogP contribution in [-0.2, 0) is 54.9 Å². The summed E-state index contributed by atoms with van der Waals surface area (Å²) in [5.41, 5.74) is 6.75. The first-order chi connectivity index (χ1) is 28.2. The Morgan fingerprint density at radius 3 is 1.45 bits per heavy atom. The molecule has 2 aromatic heterocycles. The molecule has 0 aliphatic rings. The molecule has 0 aliphatic heterocycles. The number of pyridine rings is 2. The van der Waals surface area contributed by atoms with Crippen LogP contribution in [0.2, 0.25) is 0 Å². The monoisotopic (exact) mass is 862 g/mol. The van der Waals surface area contributed by atoms with Gasteiger partial charge in [0, 0.05) is 34.7 Å². The molecule has 0 spiro atoms. The van der Waals surface area contributed by atoms with Gasteiger partial charge in [0.1, 0.15) is 34.2 Å². The molecule has 0 fully saturated rings. The van der Waals surface area contributed by atoms with Gasteiger partial charge in [-0.3, -0.25) is 0 Å². The highest BCUT2D eigenvalue weighted by Gasteiger charge is 2.21. The summed E-state index contributed by atoms with van der Waals surface area (Å²) in [5, 5.41) is 18.8. The van der Waals surface area contributed by atoms with Crippen LogP contribution < -0.4 is 9.47 Å². The fraction of sp³-hybridized carbons (Fsp3) is 0.273. The number of hydrogen-bond acceptors (Lipinski definition) is 10. The fourth-order valence-corrected chi connectivity index (χ4v) is 8.19. The molecule has 0 bridgehead atoms. The average molecular weight is 863 g/mol. The van der Waals surface area contributed by atoms with Crippen molar-refractivity contribution in [3.63, 3.8) is 0 Å². The number of hydrogen-bond donors (Lipinski definition) is 2.